The van der Waals surface area contributed by atoms with E-state index < -0.39 is 0 Å². The maximum absolute atomic E-state index is 8.56. The van der Waals surface area contributed by atoms with Crippen molar-refractivity contribution in [3.63, 3.8) is 0 Å². The van der Waals surface area contributed by atoms with Crippen molar-refractivity contribution in [1.82, 2.24) is 29.5 Å². The quantitative estimate of drug-likeness (QED) is 0.137. The number of aryl methyl sites for hydroxylation is 2. The summed E-state index contributed by atoms with van der Waals surface area (Å²) in [6.45, 7) is 7.60. The van der Waals surface area contributed by atoms with E-state index in [4.69, 9.17) is 15.2 Å². The SMILES string of the molecule is CC(O)CC(C)O.CCCc1nc(-c2[c-]cccc2)n(-c2ccccc2)n1.CCCc1nc(-c2ccccc2)n(-c2ccccc2)n1.[Ir].[Ir]. The molecule has 2 atom stereocenters. The average molecular weight is 1010 g/mol. The Bertz CT molecular complexity index is 1490. The van der Waals surface area contributed by atoms with Crippen LogP contribution in [0.3, 0.4) is 0 Å². The van der Waals surface area contributed by atoms with Crippen LogP contribution in [0.25, 0.3) is 34.2 Å². The number of hydrogen-bond acceptors (Lipinski definition) is 6. The first kappa shape index (κ1) is 41.5. The van der Waals surface area contributed by atoms with Gasteiger partial charge < -0.3 is 10.2 Å². The van der Waals surface area contributed by atoms with Gasteiger partial charge in [-0.15, -0.1) is 35.9 Å². The van der Waals surface area contributed by atoms with Crippen LogP contribution in [0.5, 0.6) is 0 Å². The summed E-state index contributed by atoms with van der Waals surface area (Å²) in [5.74, 6) is 3.53. The molecule has 0 saturated carbocycles. The van der Waals surface area contributed by atoms with Gasteiger partial charge >= 0.3 is 0 Å². The second-order valence-corrected chi connectivity index (χ2v) is 11.3. The zero-order valence-electron chi connectivity index (χ0n) is 28.4. The van der Waals surface area contributed by atoms with Crippen LogP contribution in [0.2, 0.25) is 0 Å². The second kappa shape index (κ2) is 22.2. The Hall–Kier alpha value is -3.62. The molecular weight excluding hydrogens is 969 g/mol. The van der Waals surface area contributed by atoms with Gasteiger partial charge in [0.1, 0.15) is 5.82 Å². The minimum absolute atomic E-state index is 0. The van der Waals surface area contributed by atoms with Crippen molar-refractivity contribution in [3.05, 3.63) is 133 Å². The first-order valence-corrected chi connectivity index (χ1v) is 16.3. The Labute approximate surface area is 317 Å². The largest absolute Gasteiger partial charge is 0.393 e. The number of aliphatic hydroxyl groups is 2. The van der Waals surface area contributed by atoms with Gasteiger partial charge in [0.2, 0.25) is 0 Å². The van der Waals surface area contributed by atoms with Crippen LogP contribution in [-0.4, -0.2) is 51.9 Å². The number of para-hydroxylation sites is 2. The summed E-state index contributed by atoms with van der Waals surface area (Å²) >= 11 is 0. The van der Waals surface area contributed by atoms with E-state index in [2.05, 4.69) is 59.4 Å². The molecule has 4 aromatic carbocycles. The van der Waals surface area contributed by atoms with Gasteiger partial charge in [-0.1, -0.05) is 80.6 Å². The summed E-state index contributed by atoms with van der Waals surface area (Å²) in [5, 5.41) is 26.4. The summed E-state index contributed by atoms with van der Waals surface area (Å²) in [4.78, 5) is 9.37. The van der Waals surface area contributed by atoms with Gasteiger partial charge in [-0.2, -0.15) is 10.2 Å². The Morgan fingerprint density at radius 1 is 0.592 bits per heavy atom. The predicted molar refractivity (Wildman–Crippen MR) is 188 cm³/mol. The summed E-state index contributed by atoms with van der Waals surface area (Å²) in [6, 6.07) is 41.5. The zero-order valence-corrected chi connectivity index (χ0v) is 33.2. The molecule has 0 fully saturated rings. The molecular formula is C39H45Ir2N6O2-. The van der Waals surface area contributed by atoms with E-state index in [0.717, 1.165) is 71.5 Å². The number of nitrogens with zero attached hydrogens (tertiary/aromatic N) is 6. The molecule has 0 saturated heterocycles. The predicted octanol–water partition coefficient (Wildman–Crippen LogP) is 7.71. The summed E-state index contributed by atoms with van der Waals surface area (Å²) in [6.07, 6.45) is 3.60. The van der Waals surface area contributed by atoms with Crippen LogP contribution in [0.1, 0.15) is 58.6 Å². The van der Waals surface area contributed by atoms with Crippen LogP contribution in [0, 0.1) is 6.07 Å². The molecule has 0 aliphatic carbocycles. The molecule has 2 aromatic heterocycles. The van der Waals surface area contributed by atoms with Gasteiger partial charge in [0.05, 0.1) is 29.4 Å². The first-order chi connectivity index (χ1) is 22.9. The fourth-order valence-corrected chi connectivity index (χ4v) is 4.84. The molecule has 0 spiro atoms. The number of hydrogen-bond donors (Lipinski definition) is 2. The van der Waals surface area contributed by atoms with E-state index in [1.54, 1.807) is 13.8 Å². The molecule has 49 heavy (non-hydrogen) atoms. The molecule has 0 amide bonds. The Balaban J connectivity index is 0.000000277. The third kappa shape index (κ3) is 13.0. The smallest absolute Gasteiger partial charge is 0.163 e. The summed E-state index contributed by atoms with van der Waals surface area (Å²) in [5.41, 5.74) is 4.12. The topological polar surface area (TPSA) is 102 Å². The third-order valence-corrected chi connectivity index (χ3v) is 6.91. The van der Waals surface area contributed by atoms with Gasteiger partial charge in [0.25, 0.3) is 0 Å². The van der Waals surface area contributed by atoms with Crippen molar-refractivity contribution in [3.8, 4) is 34.2 Å². The molecule has 6 rings (SSSR count). The molecule has 2 N–H and O–H groups in total. The van der Waals surface area contributed by atoms with Crippen molar-refractivity contribution in [2.75, 3.05) is 0 Å². The zero-order chi connectivity index (χ0) is 33.4. The van der Waals surface area contributed by atoms with Crippen molar-refractivity contribution in [2.24, 2.45) is 0 Å². The average Bonchev–Trinajstić information content (AvgIpc) is 3.72. The Morgan fingerprint density at radius 3 is 1.43 bits per heavy atom. The normalized spacial score (nSPS) is 11.4. The molecule has 6 aromatic rings. The van der Waals surface area contributed by atoms with Gasteiger partial charge in [0, 0.05) is 58.6 Å². The molecule has 2 radical (unpaired) electrons. The van der Waals surface area contributed by atoms with Crippen LogP contribution in [0.4, 0.5) is 0 Å². The van der Waals surface area contributed by atoms with E-state index in [1.165, 1.54) is 0 Å². The molecule has 0 aliphatic heterocycles. The van der Waals surface area contributed by atoms with Gasteiger partial charge in [0.15, 0.2) is 11.6 Å². The summed E-state index contributed by atoms with van der Waals surface area (Å²) in [7, 11) is 0. The minimum atomic E-state index is -0.375. The Morgan fingerprint density at radius 2 is 1.02 bits per heavy atom. The fraction of sp³-hybridized carbons (Fsp3) is 0.282. The second-order valence-electron chi connectivity index (χ2n) is 11.3. The van der Waals surface area contributed by atoms with Crippen molar-refractivity contribution >= 4 is 0 Å². The number of rotatable bonds is 10. The Kier molecular flexibility index (Phi) is 18.8. The molecule has 2 heterocycles. The van der Waals surface area contributed by atoms with Crippen molar-refractivity contribution < 1.29 is 50.4 Å². The molecule has 8 nitrogen and oxygen atoms in total. The molecule has 10 heteroatoms. The molecule has 0 bridgehead atoms. The maximum Gasteiger partial charge on any atom is 0.163 e. The van der Waals surface area contributed by atoms with E-state index >= 15 is 0 Å². The van der Waals surface area contributed by atoms with Crippen LogP contribution in [0.15, 0.2) is 115 Å². The molecule has 0 aliphatic rings. The number of benzene rings is 4. The van der Waals surface area contributed by atoms with Gasteiger partial charge in [-0.3, -0.25) is 9.67 Å². The molecule has 262 valence electrons. The number of aromatic nitrogens is 6. The van der Waals surface area contributed by atoms with E-state index in [-0.39, 0.29) is 52.4 Å². The maximum atomic E-state index is 8.56. The van der Waals surface area contributed by atoms with Crippen LogP contribution < -0.4 is 0 Å². The standard InChI is InChI=1S/C17H17N3.C17H16N3.C5H12O2.2Ir/c2*1-2-9-16-18-17(14-10-5-3-6-11-14)20(19-16)15-12-7-4-8-13-15;1-4(6)3-5(2)7;;/h3-8,10-13H,2,9H2,1H3;3-8,10,12-13H,2,9H2,1H3;4-7H,3H2,1-2H3;;/q;-1;;;. The fourth-order valence-electron chi connectivity index (χ4n) is 4.84. The third-order valence-electron chi connectivity index (χ3n) is 6.91. The van der Waals surface area contributed by atoms with Crippen molar-refractivity contribution in [1.29, 1.82) is 0 Å². The number of aliphatic hydroxyl groups excluding tert-OH is 2. The van der Waals surface area contributed by atoms with E-state index in [9.17, 15) is 0 Å². The van der Waals surface area contributed by atoms with E-state index in [1.807, 2.05) is 100 Å². The van der Waals surface area contributed by atoms with Crippen LogP contribution in [-0.2, 0) is 53.1 Å². The molecule has 2 unspecified atom stereocenters. The van der Waals surface area contributed by atoms with E-state index in [0.29, 0.717) is 6.42 Å². The summed E-state index contributed by atoms with van der Waals surface area (Å²) < 4.78 is 3.83. The van der Waals surface area contributed by atoms with Crippen molar-refractivity contribution in [2.45, 2.75) is 72.0 Å². The monoisotopic (exact) mass is 1020 g/mol. The van der Waals surface area contributed by atoms with Gasteiger partial charge in [-0.05, 0) is 57.4 Å². The first-order valence-electron chi connectivity index (χ1n) is 16.3. The minimum Gasteiger partial charge on any atom is -0.393 e. The van der Waals surface area contributed by atoms with Crippen LogP contribution >= 0.6 is 0 Å². The van der Waals surface area contributed by atoms with Gasteiger partial charge in [-0.25, -0.2) is 9.67 Å².